The van der Waals surface area contributed by atoms with Crippen LogP contribution in [-0.2, 0) is 4.74 Å². The Morgan fingerprint density at radius 1 is 1.35 bits per heavy atom. The average Bonchev–Trinajstić information content (AvgIpc) is 2.86. The number of aromatic nitrogens is 1. The van der Waals surface area contributed by atoms with Gasteiger partial charge < -0.3 is 9.15 Å². The number of rotatable bonds is 2. The quantitative estimate of drug-likeness (QED) is 0.896. The lowest BCUT2D eigenvalue weighted by atomic mass is 10.2. The number of anilines is 1. The van der Waals surface area contributed by atoms with Crippen LogP contribution in [0.2, 0.25) is 0 Å². The minimum atomic E-state index is -0.634. The molecular weight excluding hydrogens is 262 g/mol. The minimum Gasteiger partial charge on any atom is -0.428 e. The van der Waals surface area contributed by atoms with Crippen molar-refractivity contribution >= 4 is 22.9 Å². The van der Waals surface area contributed by atoms with E-state index >= 15 is 0 Å². The normalized spacial score (nSPS) is 19.1. The van der Waals surface area contributed by atoms with E-state index in [1.165, 1.54) is 4.90 Å². The molecule has 0 saturated carbocycles. The summed E-state index contributed by atoms with van der Waals surface area (Å²) in [5, 5.41) is 0. The molecule has 1 fully saturated rings. The van der Waals surface area contributed by atoms with Crippen LogP contribution < -0.4 is 16.4 Å². The van der Waals surface area contributed by atoms with Gasteiger partial charge in [-0.3, -0.25) is 15.2 Å². The number of oxazole rings is 1. The number of cyclic esters (lactones) is 1. The van der Waals surface area contributed by atoms with Gasteiger partial charge in [0, 0.05) is 12.1 Å². The van der Waals surface area contributed by atoms with Crippen LogP contribution in [0.15, 0.2) is 27.4 Å². The first-order valence-corrected chi connectivity index (χ1v) is 6.36. The summed E-state index contributed by atoms with van der Waals surface area (Å²) in [5.41, 5.74) is 7.31. The van der Waals surface area contributed by atoms with Crippen molar-refractivity contribution in [3.63, 3.8) is 0 Å². The number of hydrogen-bond acceptors (Lipinski definition) is 5. The fourth-order valence-corrected chi connectivity index (χ4v) is 2.38. The molecule has 1 aliphatic heterocycles. The van der Waals surface area contributed by atoms with E-state index in [4.69, 9.17) is 14.9 Å². The Morgan fingerprint density at radius 3 is 2.70 bits per heavy atom. The first kappa shape index (κ1) is 12.7. The predicted octanol–water partition coefficient (Wildman–Crippen LogP) is 1.42. The van der Waals surface area contributed by atoms with E-state index in [-0.39, 0.29) is 12.6 Å². The van der Waals surface area contributed by atoms with Gasteiger partial charge in [-0.2, -0.15) is 0 Å². The number of nitrogens with zero attached hydrogens (tertiary/aromatic N) is 2. The van der Waals surface area contributed by atoms with Crippen molar-refractivity contribution in [1.29, 1.82) is 0 Å². The molecule has 7 nitrogen and oxygen atoms in total. The number of ether oxygens (including phenoxy) is 1. The maximum absolute atomic E-state index is 11.8. The van der Waals surface area contributed by atoms with Gasteiger partial charge in [-0.15, -0.1) is 0 Å². The molecule has 1 aromatic carbocycles. The van der Waals surface area contributed by atoms with Crippen molar-refractivity contribution in [3.05, 3.63) is 28.7 Å². The number of amides is 1. The third-order valence-electron chi connectivity index (χ3n) is 3.26. The molecule has 1 aliphatic rings. The van der Waals surface area contributed by atoms with Gasteiger partial charge in [0.2, 0.25) is 0 Å². The van der Waals surface area contributed by atoms with E-state index in [0.29, 0.717) is 16.8 Å². The summed E-state index contributed by atoms with van der Waals surface area (Å²) in [4.78, 5) is 24.8. The molecular formula is C13H15N3O4. The molecule has 2 aromatic rings. The lowest BCUT2D eigenvalue weighted by Gasteiger charge is -2.12. The van der Waals surface area contributed by atoms with E-state index in [1.54, 1.807) is 22.8 Å². The van der Waals surface area contributed by atoms with Crippen LogP contribution in [0, 0.1) is 0 Å². The molecule has 20 heavy (non-hydrogen) atoms. The van der Waals surface area contributed by atoms with E-state index in [2.05, 4.69) is 0 Å². The van der Waals surface area contributed by atoms with Crippen LogP contribution in [-0.4, -0.2) is 23.4 Å². The predicted molar refractivity (Wildman–Crippen MR) is 72.7 cm³/mol. The van der Waals surface area contributed by atoms with Crippen molar-refractivity contribution in [2.45, 2.75) is 26.1 Å². The van der Waals surface area contributed by atoms with Crippen LogP contribution in [0.25, 0.3) is 11.1 Å². The zero-order chi connectivity index (χ0) is 14.4. The van der Waals surface area contributed by atoms with Gasteiger partial charge in [-0.25, -0.2) is 9.59 Å². The van der Waals surface area contributed by atoms with Crippen molar-refractivity contribution in [2.75, 3.05) is 11.4 Å². The Kier molecular flexibility index (Phi) is 2.79. The fourth-order valence-electron chi connectivity index (χ4n) is 2.38. The number of benzene rings is 1. The Labute approximate surface area is 114 Å². The molecule has 0 spiro atoms. The monoisotopic (exact) mass is 277 g/mol. The highest BCUT2D eigenvalue weighted by Gasteiger charge is 2.30. The van der Waals surface area contributed by atoms with Crippen LogP contribution in [0.1, 0.15) is 19.9 Å². The first-order valence-electron chi connectivity index (χ1n) is 6.36. The standard InChI is InChI=1S/C13H15N3O4/c1-7(2)16-9-4-3-8(5-10(9)19-13(16)18)15-6-11(14)20-12(15)17/h3-5,7,11H,6,14H2,1-2H3. The molecule has 0 radical (unpaired) electrons. The molecule has 0 aliphatic carbocycles. The molecule has 1 atom stereocenters. The summed E-state index contributed by atoms with van der Waals surface area (Å²) in [6.07, 6.45) is -1.13. The van der Waals surface area contributed by atoms with Crippen molar-refractivity contribution in [3.8, 4) is 0 Å². The largest absolute Gasteiger partial charge is 0.428 e. The summed E-state index contributed by atoms with van der Waals surface area (Å²) in [6, 6.07) is 5.15. The van der Waals surface area contributed by atoms with Gasteiger partial charge in [0.05, 0.1) is 17.7 Å². The summed E-state index contributed by atoms with van der Waals surface area (Å²) < 4.78 is 11.7. The number of nitrogens with two attached hydrogens (primary N) is 1. The van der Waals surface area contributed by atoms with E-state index < -0.39 is 18.1 Å². The van der Waals surface area contributed by atoms with E-state index in [0.717, 1.165) is 0 Å². The zero-order valence-corrected chi connectivity index (χ0v) is 11.2. The highest BCUT2D eigenvalue weighted by atomic mass is 16.6. The second-order valence-electron chi connectivity index (χ2n) is 5.02. The average molecular weight is 277 g/mol. The Balaban J connectivity index is 2.08. The summed E-state index contributed by atoms with van der Waals surface area (Å²) in [6.45, 7) is 4.09. The Morgan fingerprint density at radius 2 is 2.10 bits per heavy atom. The van der Waals surface area contributed by atoms with E-state index in [9.17, 15) is 9.59 Å². The smallest absolute Gasteiger partial charge is 0.420 e. The maximum atomic E-state index is 11.8. The summed E-state index contributed by atoms with van der Waals surface area (Å²) >= 11 is 0. The number of fused-ring (bicyclic) bond motifs is 1. The zero-order valence-electron chi connectivity index (χ0n) is 11.2. The topological polar surface area (TPSA) is 90.7 Å². The molecule has 1 unspecified atom stereocenters. The number of hydrogen-bond donors (Lipinski definition) is 1. The molecule has 7 heteroatoms. The third-order valence-corrected chi connectivity index (χ3v) is 3.26. The second kappa shape index (κ2) is 4.38. The van der Waals surface area contributed by atoms with Crippen LogP contribution in [0.3, 0.4) is 0 Å². The summed E-state index contributed by atoms with van der Waals surface area (Å²) in [5.74, 6) is -0.409. The number of carbonyl (C=O) groups excluding carboxylic acids is 1. The molecule has 3 rings (SSSR count). The van der Waals surface area contributed by atoms with Crippen molar-refractivity contribution < 1.29 is 13.9 Å². The van der Waals surface area contributed by atoms with Crippen molar-refractivity contribution in [2.24, 2.45) is 5.73 Å². The van der Waals surface area contributed by atoms with Gasteiger partial charge >= 0.3 is 11.8 Å². The van der Waals surface area contributed by atoms with Gasteiger partial charge in [0.15, 0.2) is 11.8 Å². The number of carbonyl (C=O) groups is 1. The second-order valence-corrected chi connectivity index (χ2v) is 5.02. The summed E-state index contributed by atoms with van der Waals surface area (Å²) in [7, 11) is 0. The molecule has 1 saturated heterocycles. The molecule has 2 heterocycles. The van der Waals surface area contributed by atoms with Gasteiger partial charge in [-0.05, 0) is 26.0 Å². The minimum absolute atomic E-state index is 0.000209. The SMILES string of the molecule is CC(C)n1c(=O)oc2cc(N3CC(N)OC3=O)ccc21. The lowest BCUT2D eigenvalue weighted by molar-refractivity contribution is 0.144. The van der Waals surface area contributed by atoms with Gasteiger partial charge in [-0.1, -0.05) is 0 Å². The highest BCUT2D eigenvalue weighted by Crippen LogP contribution is 2.26. The Hall–Kier alpha value is -2.28. The molecule has 1 amide bonds. The molecule has 0 bridgehead atoms. The third kappa shape index (κ3) is 1.87. The van der Waals surface area contributed by atoms with Crippen molar-refractivity contribution in [1.82, 2.24) is 4.57 Å². The highest BCUT2D eigenvalue weighted by molar-refractivity contribution is 5.92. The molecule has 1 aromatic heterocycles. The maximum Gasteiger partial charge on any atom is 0.420 e. The van der Waals surface area contributed by atoms with Gasteiger partial charge in [0.25, 0.3) is 0 Å². The van der Waals surface area contributed by atoms with Crippen LogP contribution in [0.4, 0.5) is 10.5 Å². The Bertz CT molecular complexity index is 731. The van der Waals surface area contributed by atoms with Gasteiger partial charge in [0.1, 0.15) is 0 Å². The molecule has 106 valence electrons. The van der Waals surface area contributed by atoms with Crippen LogP contribution in [0.5, 0.6) is 0 Å². The van der Waals surface area contributed by atoms with Crippen LogP contribution >= 0.6 is 0 Å². The fraction of sp³-hybridized carbons (Fsp3) is 0.385. The molecule has 2 N–H and O–H groups in total. The first-order chi connectivity index (χ1) is 9.47. The lowest BCUT2D eigenvalue weighted by Crippen LogP contribution is -2.27. The van der Waals surface area contributed by atoms with E-state index in [1.807, 2.05) is 13.8 Å².